The Bertz CT molecular complexity index is 1000. The predicted octanol–water partition coefficient (Wildman–Crippen LogP) is 8.34. The molecular formula is C23H20BF10. The molecule has 0 aliphatic heterocycles. The highest BCUT2D eigenvalue weighted by Gasteiger charge is 2.73. The van der Waals surface area contributed by atoms with Gasteiger partial charge in [0.1, 0.15) is 7.28 Å². The molecule has 11 heteroatoms. The van der Waals surface area contributed by atoms with Gasteiger partial charge in [-0.3, -0.25) is 0 Å². The molecule has 185 valence electrons. The molecule has 0 aromatic heterocycles. The average Bonchev–Trinajstić information content (AvgIpc) is 2.70. The van der Waals surface area contributed by atoms with Gasteiger partial charge in [0.25, 0.3) is 0 Å². The molecule has 0 spiro atoms. The second kappa shape index (κ2) is 8.96. The summed E-state index contributed by atoms with van der Waals surface area (Å²) >= 11 is 0. The summed E-state index contributed by atoms with van der Waals surface area (Å²) in [4.78, 5) is 0. The van der Waals surface area contributed by atoms with Crippen LogP contribution in [0.25, 0.3) is 6.08 Å². The van der Waals surface area contributed by atoms with Crippen LogP contribution in [0.1, 0.15) is 54.4 Å². The fourth-order valence-electron chi connectivity index (χ4n) is 3.60. The maximum atomic E-state index is 14.6. The Labute approximate surface area is 190 Å². The summed E-state index contributed by atoms with van der Waals surface area (Å²) in [5.74, 6) is -0.466. The largest absolute Gasteiger partial charge is 0.435 e. The van der Waals surface area contributed by atoms with Gasteiger partial charge in [-0.1, -0.05) is 69.3 Å². The number of hydrogen-bond donors (Lipinski definition) is 0. The Kier molecular flexibility index (Phi) is 7.32. The van der Waals surface area contributed by atoms with Crippen molar-refractivity contribution >= 4 is 13.4 Å². The normalized spacial score (nSPS) is 14.6. The molecule has 0 aliphatic rings. The van der Waals surface area contributed by atoms with Crippen molar-refractivity contribution in [3.8, 4) is 0 Å². The lowest BCUT2D eigenvalue weighted by Crippen LogP contribution is -2.50. The fraction of sp³-hybridized carbons (Fsp3) is 0.391. The molecule has 0 bridgehead atoms. The predicted molar refractivity (Wildman–Crippen MR) is 110 cm³/mol. The number of alkyl halides is 10. The van der Waals surface area contributed by atoms with Crippen molar-refractivity contribution < 1.29 is 43.9 Å². The van der Waals surface area contributed by atoms with E-state index < -0.39 is 58.1 Å². The zero-order valence-corrected chi connectivity index (χ0v) is 18.3. The lowest BCUT2D eigenvalue weighted by Gasteiger charge is -2.34. The van der Waals surface area contributed by atoms with E-state index in [0.29, 0.717) is 11.6 Å². The maximum Gasteiger partial charge on any atom is 0.435 e. The molecule has 2 aromatic carbocycles. The van der Waals surface area contributed by atoms with Crippen LogP contribution in [0.15, 0.2) is 49.0 Å². The van der Waals surface area contributed by atoms with Gasteiger partial charge >= 0.3 is 24.2 Å². The molecule has 0 heterocycles. The van der Waals surface area contributed by atoms with Gasteiger partial charge in [0.2, 0.25) is 0 Å². The smallest absolute Gasteiger partial charge is 0.218 e. The van der Waals surface area contributed by atoms with Gasteiger partial charge in [0.15, 0.2) is 0 Å². The number of halogens is 10. The van der Waals surface area contributed by atoms with E-state index in [-0.39, 0.29) is 6.07 Å². The molecule has 34 heavy (non-hydrogen) atoms. The molecule has 0 saturated carbocycles. The third kappa shape index (κ3) is 5.44. The van der Waals surface area contributed by atoms with Crippen LogP contribution in [-0.4, -0.2) is 19.6 Å². The van der Waals surface area contributed by atoms with Gasteiger partial charge < -0.3 is 0 Å². The van der Waals surface area contributed by atoms with Gasteiger partial charge in [-0.2, -0.15) is 39.5 Å². The van der Waals surface area contributed by atoms with Crippen LogP contribution in [-0.2, 0) is 17.2 Å². The molecule has 0 nitrogen and oxygen atoms in total. The van der Waals surface area contributed by atoms with Gasteiger partial charge in [-0.25, -0.2) is 4.39 Å². The van der Waals surface area contributed by atoms with Crippen LogP contribution in [0.5, 0.6) is 0 Å². The second-order valence-electron chi connectivity index (χ2n) is 8.50. The first-order chi connectivity index (χ1) is 15.2. The summed E-state index contributed by atoms with van der Waals surface area (Å²) in [5, 5.41) is -1.47. The Balaban J connectivity index is 2.64. The third-order valence-corrected chi connectivity index (χ3v) is 5.55. The quantitative estimate of drug-likeness (QED) is 0.278. The second-order valence-corrected chi connectivity index (χ2v) is 8.50. The SMILES string of the molecule is C=Cc1ccc(C(C)[B]C(C)(C)c2cc(C(F)(F)F)cc(C(F)(C(F)(F)F)C(F)(F)F)c2)cc1. The fourth-order valence-corrected chi connectivity index (χ4v) is 3.60. The summed E-state index contributed by atoms with van der Waals surface area (Å²) in [5.41, 5.74) is -9.06. The maximum absolute atomic E-state index is 14.6. The molecule has 2 rings (SSSR count). The van der Waals surface area contributed by atoms with Crippen molar-refractivity contribution in [3.05, 3.63) is 76.9 Å². The Morgan fingerprint density at radius 3 is 1.59 bits per heavy atom. The van der Waals surface area contributed by atoms with Crippen molar-refractivity contribution in [2.75, 3.05) is 0 Å². The Morgan fingerprint density at radius 1 is 0.735 bits per heavy atom. The average molecular weight is 497 g/mol. The summed E-state index contributed by atoms with van der Waals surface area (Å²) < 4.78 is 134. The van der Waals surface area contributed by atoms with Crippen LogP contribution in [0.3, 0.4) is 0 Å². The van der Waals surface area contributed by atoms with E-state index in [1.165, 1.54) is 21.1 Å². The highest BCUT2D eigenvalue weighted by Crippen LogP contribution is 2.54. The first-order valence-corrected chi connectivity index (χ1v) is 9.88. The zero-order chi connectivity index (χ0) is 26.3. The van der Waals surface area contributed by atoms with Crippen molar-refractivity contribution in [1.29, 1.82) is 0 Å². The van der Waals surface area contributed by atoms with E-state index in [1.807, 2.05) is 0 Å². The van der Waals surface area contributed by atoms with E-state index in [2.05, 4.69) is 6.58 Å². The van der Waals surface area contributed by atoms with E-state index in [4.69, 9.17) is 0 Å². The van der Waals surface area contributed by atoms with Gasteiger partial charge in [0, 0.05) is 5.56 Å². The minimum atomic E-state index is -6.54. The zero-order valence-electron chi connectivity index (χ0n) is 18.3. The van der Waals surface area contributed by atoms with Gasteiger partial charge in [-0.15, -0.1) is 0 Å². The number of rotatable bonds is 6. The monoisotopic (exact) mass is 497 g/mol. The molecule has 1 unspecified atom stereocenters. The first kappa shape index (κ1) is 27.8. The minimum Gasteiger partial charge on any atom is -0.218 e. The molecule has 0 saturated heterocycles. The van der Waals surface area contributed by atoms with Crippen molar-refractivity contribution in [2.45, 2.75) is 56.1 Å². The lowest BCUT2D eigenvalue weighted by molar-refractivity contribution is -0.348. The third-order valence-electron chi connectivity index (χ3n) is 5.55. The van der Waals surface area contributed by atoms with Gasteiger partial charge in [0.05, 0.1) is 5.56 Å². The highest BCUT2D eigenvalue weighted by atomic mass is 19.4. The molecule has 0 aliphatic carbocycles. The van der Waals surface area contributed by atoms with E-state index in [9.17, 15) is 43.9 Å². The lowest BCUT2D eigenvalue weighted by atomic mass is 9.44. The van der Waals surface area contributed by atoms with Crippen LogP contribution < -0.4 is 0 Å². The summed E-state index contributed by atoms with van der Waals surface area (Å²) in [6.07, 6.45) is -16.8. The van der Waals surface area contributed by atoms with Crippen molar-refractivity contribution in [1.82, 2.24) is 0 Å². The van der Waals surface area contributed by atoms with Crippen LogP contribution in [0.2, 0.25) is 0 Å². The molecular weight excluding hydrogens is 477 g/mol. The molecule has 0 fully saturated rings. The molecule has 2 aromatic rings. The van der Waals surface area contributed by atoms with Crippen LogP contribution in [0, 0.1) is 0 Å². The number of hydrogen-bond acceptors (Lipinski definition) is 0. The Morgan fingerprint density at radius 2 is 1.18 bits per heavy atom. The molecule has 0 N–H and O–H groups in total. The first-order valence-electron chi connectivity index (χ1n) is 9.88. The Hall–Kier alpha value is -2.46. The van der Waals surface area contributed by atoms with E-state index in [0.717, 1.165) is 5.56 Å². The standard InChI is InChI=1S/C23H20BF10/c1-5-14-6-8-15(9-7-14)13(2)24-19(3,4)16-10-17(12-18(11-16)21(26,27)28)20(25,22(29,30)31)23(32,33)34/h5-13H,1H2,2-4H3. The van der Waals surface area contributed by atoms with E-state index >= 15 is 0 Å². The number of benzene rings is 2. The van der Waals surface area contributed by atoms with Crippen LogP contribution >= 0.6 is 0 Å². The van der Waals surface area contributed by atoms with Crippen molar-refractivity contribution in [2.24, 2.45) is 0 Å². The molecule has 1 atom stereocenters. The molecule has 1 radical (unpaired) electrons. The van der Waals surface area contributed by atoms with E-state index in [1.54, 1.807) is 37.3 Å². The van der Waals surface area contributed by atoms with Crippen molar-refractivity contribution in [3.63, 3.8) is 0 Å². The van der Waals surface area contributed by atoms with Gasteiger partial charge in [-0.05, 0) is 34.4 Å². The minimum absolute atomic E-state index is 0.195. The topological polar surface area (TPSA) is 0 Å². The highest BCUT2D eigenvalue weighted by molar-refractivity contribution is 6.42. The van der Waals surface area contributed by atoms with Crippen LogP contribution in [0.4, 0.5) is 43.9 Å². The summed E-state index contributed by atoms with van der Waals surface area (Å²) in [7, 11) is 1.47. The molecule has 0 amide bonds. The summed E-state index contributed by atoms with van der Waals surface area (Å²) in [6, 6.07) is 7.01. The summed E-state index contributed by atoms with van der Waals surface area (Å²) in [6.45, 7) is 7.90.